The highest BCUT2D eigenvalue weighted by Gasteiger charge is 2.28. The van der Waals surface area contributed by atoms with Gasteiger partial charge in [0.15, 0.2) is 17.2 Å². The van der Waals surface area contributed by atoms with E-state index in [-0.39, 0.29) is 29.4 Å². The van der Waals surface area contributed by atoms with E-state index in [4.69, 9.17) is 38.6 Å². The van der Waals surface area contributed by atoms with Crippen LogP contribution in [0.1, 0.15) is 22.6 Å². The Morgan fingerprint density at radius 1 is 1.30 bits per heavy atom. The van der Waals surface area contributed by atoms with Crippen molar-refractivity contribution >= 4 is 51.6 Å². The lowest BCUT2D eigenvalue weighted by molar-refractivity contribution is 0.0940. The van der Waals surface area contributed by atoms with Gasteiger partial charge < -0.3 is 25.6 Å². The van der Waals surface area contributed by atoms with Crippen molar-refractivity contribution in [2.45, 2.75) is 19.1 Å². The molecule has 170 valence electrons. The van der Waals surface area contributed by atoms with Crippen LogP contribution < -0.4 is 16.0 Å². The number of hydrogen-bond donors (Lipinski definition) is 3. The van der Waals surface area contributed by atoms with E-state index in [1.54, 1.807) is 30.3 Å². The number of anilines is 2. The van der Waals surface area contributed by atoms with Gasteiger partial charge in [-0.15, -0.1) is 5.10 Å². The van der Waals surface area contributed by atoms with Crippen LogP contribution in [0, 0.1) is 0 Å². The largest absolute Gasteiger partial charge is 0.388 e. The Kier molecular flexibility index (Phi) is 5.57. The summed E-state index contributed by atoms with van der Waals surface area (Å²) in [4.78, 5) is 18.9. The maximum absolute atomic E-state index is 12.9. The molecule has 5 rings (SSSR count). The highest BCUT2D eigenvalue weighted by molar-refractivity contribution is 6.34. The van der Waals surface area contributed by atoms with E-state index in [1.807, 2.05) is 0 Å². The Balaban J connectivity index is 1.29. The van der Waals surface area contributed by atoms with Gasteiger partial charge in [-0.3, -0.25) is 4.79 Å². The molecule has 1 aliphatic heterocycles. The van der Waals surface area contributed by atoms with E-state index in [1.165, 1.54) is 11.0 Å². The molecule has 4 N–H and O–H groups in total. The zero-order valence-corrected chi connectivity index (χ0v) is 18.7. The fourth-order valence-electron chi connectivity index (χ4n) is 3.93. The van der Waals surface area contributed by atoms with Crippen molar-refractivity contribution in [1.82, 2.24) is 25.2 Å². The van der Waals surface area contributed by atoms with E-state index in [0.717, 1.165) is 12.1 Å². The predicted molar refractivity (Wildman–Crippen MR) is 124 cm³/mol. The SMILES string of the molecule is Nc1noc2c(N3CCC(NC(=O)c4ccc(-n5cnc(CO)n5)cc4Cl)C3)cc(Cl)cc12. The van der Waals surface area contributed by atoms with E-state index in [0.29, 0.717) is 46.2 Å². The van der Waals surface area contributed by atoms with Gasteiger partial charge in [-0.1, -0.05) is 28.4 Å². The normalized spacial score (nSPS) is 16.0. The summed E-state index contributed by atoms with van der Waals surface area (Å²) in [6.07, 6.45) is 2.21. The number of aromatic nitrogens is 4. The Labute approximate surface area is 197 Å². The highest BCUT2D eigenvalue weighted by atomic mass is 35.5. The number of nitrogens with zero attached hydrogens (tertiary/aromatic N) is 5. The van der Waals surface area contributed by atoms with Crippen LogP contribution in [0.25, 0.3) is 16.7 Å². The lowest BCUT2D eigenvalue weighted by Gasteiger charge is -2.19. The van der Waals surface area contributed by atoms with Gasteiger partial charge in [0, 0.05) is 24.2 Å². The van der Waals surface area contributed by atoms with Crippen LogP contribution in [0.5, 0.6) is 0 Å². The van der Waals surface area contributed by atoms with Crippen molar-refractivity contribution in [1.29, 1.82) is 0 Å². The molecular weight excluding hydrogens is 469 g/mol. The van der Waals surface area contributed by atoms with Crippen molar-refractivity contribution in [2.24, 2.45) is 0 Å². The predicted octanol–water partition coefficient (Wildman–Crippen LogP) is 2.80. The first-order chi connectivity index (χ1) is 15.9. The summed E-state index contributed by atoms with van der Waals surface area (Å²) >= 11 is 12.6. The van der Waals surface area contributed by atoms with E-state index >= 15 is 0 Å². The second kappa shape index (κ2) is 8.54. The van der Waals surface area contributed by atoms with Gasteiger partial charge in [-0.25, -0.2) is 9.67 Å². The van der Waals surface area contributed by atoms with Crippen LogP contribution in [-0.4, -0.2) is 50.1 Å². The average Bonchev–Trinajstić information content (AvgIpc) is 3.54. The maximum atomic E-state index is 12.9. The maximum Gasteiger partial charge on any atom is 0.253 e. The second-order valence-electron chi connectivity index (χ2n) is 7.70. The van der Waals surface area contributed by atoms with Gasteiger partial charge in [0.1, 0.15) is 12.9 Å². The molecule has 1 atom stereocenters. The number of nitrogens with two attached hydrogens (primary N) is 1. The first-order valence-electron chi connectivity index (χ1n) is 10.1. The average molecular weight is 488 g/mol. The van der Waals surface area contributed by atoms with Crippen molar-refractivity contribution in [2.75, 3.05) is 23.7 Å². The van der Waals surface area contributed by atoms with Crippen LogP contribution >= 0.6 is 23.2 Å². The van der Waals surface area contributed by atoms with Crippen molar-refractivity contribution in [3.05, 3.63) is 58.1 Å². The third-order valence-electron chi connectivity index (χ3n) is 5.55. The number of benzene rings is 2. The summed E-state index contributed by atoms with van der Waals surface area (Å²) in [6, 6.07) is 8.42. The number of fused-ring (bicyclic) bond motifs is 1. The third-order valence-corrected chi connectivity index (χ3v) is 6.08. The summed E-state index contributed by atoms with van der Waals surface area (Å²) in [5, 5.41) is 21.6. The highest BCUT2D eigenvalue weighted by Crippen LogP contribution is 2.35. The Morgan fingerprint density at radius 2 is 2.15 bits per heavy atom. The fourth-order valence-corrected chi connectivity index (χ4v) is 4.40. The molecule has 0 radical (unpaired) electrons. The van der Waals surface area contributed by atoms with Crippen molar-refractivity contribution in [3.63, 3.8) is 0 Å². The summed E-state index contributed by atoms with van der Waals surface area (Å²) in [5.74, 6) is 0.311. The molecule has 0 aliphatic carbocycles. The van der Waals surface area contributed by atoms with Gasteiger partial charge in [0.2, 0.25) is 0 Å². The van der Waals surface area contributed by atoms with Crippen LogP contribution in [-0.2, 0) is 6.61 Å². The van der Waals surface area contributed by atoms with Crippen molar-refractivity contribution < 1.29 is 14.4 Å². The molecule has 2 aromatic carbocycles. The monoisotopic (exact) mass is 487 g/mol. The molecule has 0 spiro atoms. The summed E-state index contributed by atoms with van der Waals surface area (Å²) in [6.45, 7) is 1.01. The molecule has 0 saturated carbocycles. The quantitative estimate of drug-likeness (QED) is 0.390. The Hall–Kier alpha value is -3.34. The van der Waals surface area contributed by atoms with Gasteiger partial charge in [0.05, 0.1) is 27.3 Å². The van der Waals surface area contributed by atoms with Gasteiger partial charge in [-0.2, -0.15) is 0 Å². The molecule has 1 saturated heterocycles. The molecule has 10 nitrogen and oxygen atoms in total. The number of halogens is 2. The summed E-state index contributed by atoms with van der Waals surface area (Å²) in [7, 11) is 0. The zero-order valence-electron chi connectivity index (χ0n) is 17.2. The summed E-state index contributed by atoms with van der Waals surface area (Å²) in [5.41, 5.74) is 8.21. The van der Waals surface area contributed by atoms with E-state index < -0.39 is 0 Å². The van der Waals surface area contributed by atoms with Gasteiger partial charge in [-0.05, 0) is 36.8 Å². The zero-order chi connectivity index (χ0) is 23.1. The topological polar surface area (TPSA) is 135 Å². The summed E-state index contributed by atoms with van der Waals surface area (Å²) < 4.78 is 6.88. The number of rotatable bonds is 5. The number of aliphatic hydroxyl groups is 1. The van der Waals surface area contributed by atoms with Crippen LogP contribution in [0.3, 0.4) is 0 Å². The number of nitrogen functional groups attached to an aromatic ring is 1. The van der Waals surface area contributed by atoms with Crippen molar-refractivity contribution in [3.8, 4) is 5.69 Å². The minimum Gasteiger partial charge on any atom is -0.388 e. The number of carbonyl (C=O) groups excluding carboxylic acids is 1. The molecule has 1 aliphatic rings. The number of carbonyl (C=O) groups is 1. The molecule has 1 unspecified atom stereocenters. The Bertz CT molecular complexity index is 1350. The van der Waals surface area contributed by atoms with E-state index in [2.05, 4.69) is 25.5 Å². The molecule has 3 heterocycles. The molecule has 1 fully saturated rings. The molecule has 0 bridgehead atoms. The number of amides is 1. The smallest absolute Gasteiger partial charge is 0.253 e. The first kappa shape index (κ1) is 21.5. The van der Waals surface area contributed by atoms with Crippen LogP contribution in [0.4, 0.5) is 11.5 Å². The molecule has 4 aromatic rings. The molecule has 2 aromatic heterocycles. The lowest BCUT2D eigenvalue weighted by Crippen LogP contribution is -2.37. The van der Waals surface area contributed by atoms with Gasteiger partial charge in [0.25, 0.3) is 5.91 Å². The number of hydrogen-bond acceptors (Lipinski definition) is 8. The van der Waals surface area contributed by atoms with Crippen LogP contribution in [0.2, 0.25) is 10.0 Å². The lowest BCUT2D eigenvalue weighted by atomic mass is 10.1. The standard InChI is InChI=1S/C21H19Cl2N7O3/c22-11-5-15-19(33-28-20(15)24)17(6-11)29-4-3-12(8-29)26-21(32)14-2-1-13(7-16(14)23)30-10-25-18(9-31)27-30/h1-2,5-7,10,12,31H,3-4,8-9H2,(H2,24,28)(H,26,32). The minimum absolute atomic E-state index is 0.0926. The molecular formula is C21H19Cl2N7O3. The van der Waals surface area contributed by atoms with Crippen LogP contribution in [0.15, 0.2) is 41.2 Å². The fraction of sp³-hybridized carbons (Fsp3) is 0.238. The number of aliphatic hydroxyl groups excluding tert-OH is 1. The number of nitrogens with one attached hydrogen (secondary N) is 1. The molecule has 1 amide bonds. The Morgan fingerprint density at radius 3 is 2.91 bits per heavy atom. The molecule has 12 heteroatoms. The first-order valence-corrected chi connectivity index (χ1v) is 10.9. The second-order valence-corrected chi connectivity index (χ2v) is 8.55. The van der Waals surface area contributed by atoms with Gasteiger partial charge >= 0.3 is 0 Å². The molecule has 33 heavy (non-hydrogen) atoms. The van der Waals surface area contributed by atoms with E-state index in [9.17, 15) is 4.79 Å². The third kappa shape index (κ3) is 4.08. The minimum atomic E-state index is -0.270.